The van der Waals surface area contributed by atoms with Gasteiger partial charge >= 0.3 is 0 Å². The van der Waals surface area contributed by atoms with Crippen molar-refractivity contribution in [3.8, 4) is 44.5 Å². The van der Waals surface area contributed by atoms with Gasteiger partial charge in [-0.05, 0) is 151 Å². The molecule has 7 heteroatoms. The van der Waals surface area contributed by atoms with Gasteiger partial charge in [0.25, 0.3) is 0 Å². The number of hydrogen-bond acceptors (Lipinski definition) is 3. The fourth-order valence-corrected chi connectivity index (χ4v) is 9.37. The molecule has 2 aliphatic rings. The monoisotopic (exact) mass is 795 g/mol. The average molecular weight is 796 g/mol. The maximum absolute atomic E-state index is 9.17. The molecule has 0 spiro atoms. The fraction of sp³-hybridized carbons (Fsp3) is 0.185. The summed E-state index contributed by atoms with van der Waals surface area (Å²) < 4.78 is 0. The zero-order valence-corrected chi connectivity index (χ0v) is 36.3. The lowest BCUT2D eigenvalue weighted by molar-refractivity contribution is 0.590. The van der Waals surface area contributed by atoms with E-state index in [4.69, 9.17) is 9.97 Å². The molecule has 5 heterocycles. The number of H-pyrrole nitrogens is 2. The third kappa shape index (κ3) is 7.17. The van der Waals surface area contributed by atoms with Crippen LogP contribution in [0.25, 0.3) is 101 Å². The van der Waals surface area contributed by atoms with Crippen LogP contribution in [0.1, 0.15) is 82.5 Å². The zero-order chi connectivity index (χ0) is 42.7. The van der Waals surface area contributed by atoms with Crippen LogP contribution in [0.3, 0.4) is 0 Å². The molecule has 2 N–H and O–H groups in total. The largest absolute Gasteiger partial charge is 0.354 e. The minimum absolute atomic E-state index is 0.0171. The van der Waals surface area contributed by atoms with Crippen molar-refractivity contribution in [3.63, 3.8) is 0 Å². The van der Waals surface area contributed by atoms with E-state index in [1.807, 2.05) is 24.3 Å². The Labute approximate surface area is 357 Å². The van der Waals surface area contributed by atoms with Gasteiger partial charge in [-0.1, -0.05) is 110 Å². The minimum atomic E-state index is 0.0171. The molecule has 0 radical (unpaired) electrons. The Bertz CT molecular complexity index is 3110. The van der Waals surface area contributed by atoms with Crippen LogP contribution >= 0.6 is 0 Å². The van der Waals surface area contributed by atoms with Gasteiger partial charge in [0, 0.05) is 54.9 Å². The first-order valence-electron chi connectivity index (χ1n) is 20.9. The molecule has 0 saturated carbocycles. The first-order valence-corrected chi connectivity index (χ1v) is 20.9. The van der Waals surface area contributed by atoms with E-state index in [1.165, 1.54) is 38.9 Å². The molecule has 61 heavy (non-hydrogen) atoms. The summed E-state index contributed by atoms with van der Waals surface area (Å²) in [5, 5.41) is 3.86. The van der Waals surface area contributed by atoms with Crippen LogP contribution in [0.5, 0.6) is 0 Å². The number of hydrogen-bond donors (Lipinski definition) is 2. The maximum atomic E-state index is 9.17. The van der Waals surface area contributed by atoms with E-state index >= 15 is 0 Å². The molecule has 0 amide bonds. The number of fused-ring (bicyclic) bond motifs is 8. The molecule has 7 aromatic rings. The normalized spacial score (nSPS) is 12.2. The van der Waals surface area contributed by atoms with E-state index in [0.29, 0.717) is 5.69 Å². The molecule has 300 valence electrons. The highest BCUT2D eigenvalue weighted by Gasteiger charge is 2.22. The molecule has 7 nitrogen and oxygen atoms in total. The minimum Gasteiger partial charge on any atom is -0.354 e. The van der Waals surface area contributed by atoms with Gasteiger partial charge in [0.2, 0.25) is 0 Å². The number of nitrogens with zero attached hydrogens (tertiary/aromatic N) is 5. The molecular formula is C54H49N7. The number of aromatic nitrogens is 4. The second-order valence-electron chi connectivity index (χ2n) is 17.6. The van der Waals surface area contributed by atoms with Gasteiger partial charge in [-0.15, -0.1) is 0 Å². The highest BCUT2D eigenvalue weighted by molar-refractivity contribution is 6.01. The number of aromatic amines is 2. The summed E-state index contributed by atoms with van der Waals surface area (Å²) >= 11 is 0. The molecule has 3 aromatic heterocycles. The smallest absolute Gasteiger partial charge is 0.0737 e. The van der Waals surface area contributed by atoms with E-state index < -0.39 is 0 Å². The van der Waals surface area contributed by atoms with Crippen LogP contribution in [-0.4, -0.2) is 19.9 Å². The van der Waals surface area contributed by atoms with Crippen LogP contribution in [-0.2, 0) is 5.41 Å². The molecule has 8 bridgehead atoms. The first kappa shape index (κ1) is 39.3. The van der Waals surface area contributed by atoms with E-state index in [0.717, 1.165) is 89.4 Å². The summed E-state index contributed by atoms with van der Waals surface area (Å²) in [5.74, 6) is 0. The lowest BCUT2D eigenvalue weighted by Crippen LogP contribution is -2.10. The van der Waals surface area contributed by atoms with Crippen molar-refractivity contribution in [1.29, 1.82) is 0 Å². The molecule has 0 unspecified atom stereocenters. The lowest BCUT2D eigenvalue weighted by atomic mass is 9.86. The fourth-order valence-electron chi connectivity index (χ4n) is 9.37. The van der Waals surface area contributed by atoms with Crippen LogP contribution in [0.4, 0.5) is 5.69 Å². The van der Waals surface area contributed by atoms with Crippen molar-refractivity contribution in [2.24, 2.45) is 5.11 Å². The third-order valence-electron chi connectivity index (χ3n) is 12.0. The van der Waals surface area contributed by atoms with Gasteiger partial charge in [-0.25, -0.2) is 9.97 Å². The summed E-state index contributed by atoms with van der Waals surface area (Å²) in [7, 11) is 0. The summed E-state index contributed by atoms with van der Waals surface area (Å²) in [6, 6.07) is 34.4. The second-order valence-corrected chi connectivity index (χ2v) is 17.6. The maximum Gasteiger partial charge on any atom is 0.0737 e. The quantitative estimate of drug-likeness (QED) is 0.103. The average Bonchev–Trinajstić information content (AvgIpc) is 4.05. The first-order chi connectivity index (χ1) is 29.3. The van der Waals surface area contributed by atoms with Gasteiger partial charge in [0.05, 0.1) is 22.8 Å². The summed E-state index contributed by atoms with van der Waals surface area (Å²) in [5.41, 5.74) is 33.8. The number of rotatable bonds is 5. The number of nitrogens with one attached hydrogen (secondary N) is 2. The van der Waals surface area contributed by atoms with E-state index in [1.54, 1.807) is 0 Å². The molecule has 2 aliphatic heterocycles. The summed E-state index contributed by atoms with van der Waals surface area (Å²) in [6.07, 6.45) is 8.58. The molecule has 0 fully saturated rings. The van der Waals surface area contributed by atoms with Gasteiger partial charge < -0.3 is 9.97 Å². The second kappa shape index (κ2) is 15.1. The van der Waals surface area contributed by atoms with E-state index in [9.17, 15) is 5.53 Å². The Balaban J connectivity index is 1.48. The highest BCUT2D eigenvalue weighted by Crippen LogP contribution is 2.41. The summed E-state index contributed by atoms with van der Waals surface area (Å²) in [4.78, 5) is 21.9. The van der Waals surface area contributed by atoms with Crippen LogP contribution in [0, 0.1) is 41.5 Å². The zero-order valence-electron chi connectivity index (χ0n) is 36.3. The number of benzene rings is 4. The van der Waals surface area contributed by atoms with Gasteiger partial charge in [0.15, 0.2) is 0 Å². The van der Waals surface area contributed by atoms with Crippen molar-refractivity contribution in [1.82, 2.24) is 19.9 Å². The van der Waals surface area contributed by atoms with Crippen molar-refractivity contribution >= 4 is 52.1 Å². The van der Waals surface area contributed by atoms with Gasteiger partial charge in [-0.3, -0.25) is 0 Å². The Morgan fingerprint density at radius 1 is 0.459 bits per heavy atom. The van der Waals surface area contributed by atoms with E-state index in [2.05, 4.69) is 179 Å². The SMILES string of the molecule is Cc1cc(C)c(-c2c3nc(c(-c4ccc(C(C)(C)C)cc4)c4ccc([nH]4)c(-c4c(C)cc(C)cc4C)c4nc(c(-c5ccc(N=[N+]=[N-])cc5)c5ccc2[nH]5)C=C4)C=C3)c(C)c1. The van der Waals surface area contributed by atoms with Crippen molar-refractivity contribution < 1.29 is 0 Å². The number of azide groups is 1. The highest BCUT2D eigenvalue weighted by atomic mass is 15.1. The van der Waals surface area contributed by atoms with Crippen LogP contribution in [0.15, 0.2) is 102 Å². The third-order valence-corrected chi connectivity index (χ3v) is 12.0. The molecule has 0 atom stereocenters. The van der Waals surface area contributed by atoms with Crippen molar-refractivity contribution in [2.75, 3.05) is 0 Å². The topological polar surface area (TPSA) is 106 Å². The Kier molecular flexibility index (Phi) is 9.73. The number of aryl methyl sites for hydroxylation is 6. The molecule has 4 aromatic carbocycles. The molecule has 0 aliphatic carbocycles. The van der Waals surface area contributed by atoms with Crippen LogP contribution in [0.2, 0.25) is 0 Å². The lowest BCUT2D eigenvalue weighted by Gasteiger charge is -2.19. The molecular weight excluding hydrogens is 747 g/mol. The van der Waals surface area contributed by atoms with Crippen LogP contribution < -0.4 is 0 Å². The molecule has 0 saturated heterocycles. The van der Waals surface area contributed by atoms with Gasteiger partial charge in [-0.2, -0.15) is 0 Å². The Morgan fingerprint density at radius 3 is 1.16 bits per heavy atom. The van der Waals surface area contributed by atoms with Crippen molar-refractivity contribution in [3.05, 3.63) is 169 Å². The standard InChI is InChI=1S/C54H49N7/c1-30-26-32(3)48(33(4)27-30)52-44-22-18-40(56-44)50(36-10-14-38(15-11-36)54(7,8)9)41-19-23-45(57-41)53(49-34(5)28-31(2)29-35(49)6)47-25-21-43(59-47)51(42-20-24-46(52)58-42)37-12-16-39(17-13-37)60-61-55/h10-29,56,59H,1-9H3. The predicted octanol–water partition coefficient (Wildman–Crippen LogP) is 15.4. The Hall–Kier alpha value is -7.21. The van der Waals surface area contributed by atoms with E-state index in [-0.39, 0.29) is 5.41 Å². The van der Waals surface area contributed by atoms with Gasteiger partial charge in [0.1, 0.15) is 0 Å². The predicted molar refractivity (Wildman–Crippen MR) is 257 cm³/mol. The summed E-state index contributed by atoms with van der Waals surface area (Å²) in [6.45, 7) is 19.8. The molecule has 9 rings (SSSR count). The Morgan fingerprint density at radius 2 is 0.803 bits per heavy atom. The van der Waals surface area contributed by atoms with Crippen molar-refractivity contribution in [2.45, 2.75) is 67.7 Å².